The second-order valence-electron chi connectivity index (χ2n) is 4.91. The molecule has 98 valence electrons. The van der Waals surface area contributed by atoms with Gasteiger partial charge in [-0.05, 0) is 11.6 Å². The van der Waals surface area contributed by atoms with Crippen LogP contribution in [-0.4, -0.2) is 24.3 Å². The summed E-state index contributed by atoms with van der Waals surface area (Å²) in [7, 11) is 0. The van der Waals surface area contributed by atoms with Gasteiger partial charge in [0.15, 0.2) is 17.3 Å². The van der Waals surface area contributed by atoms with Crippen LogP contribution < -0.4 is 9.47 Å². The van der Waals surface area contributed by atoms with Gasteiger partial charge in [0.05, 0.1) is 6.42 Å². The SMILES string of the molecule is CC(C)(CC(=O)O)c1ccc2c(c1F)OCCO2. The summed E-state index contributed by atoms with van der Waals surface area (Å²) >= 11 is 0. The number of carbonyl (C=O) groups is 1. The van der Waals surface area contributed by atoms with Crippen LogP contribution >= 0.6 is 0 Å². The molecule has 0 unspecified atom stereocenters. The first kappa shape index (κ1) is 12.7. The molecule has 5 heteroatoms. The largest absolute Gasteiger partial charge is 0.486 e. The third kappa shape index (κ3) is 2.25. The van der Waals surface area contributed by atoms with Gasteiger partial charge in [-0.1, -0.05) is 19.9 Å². The Balaban J connectivity index is 2.43. The lowest BCUT2D eigenvalue weighted by molar-refractivity contribution is -0.138. The summed E-state index contributed by atoms with van der Waals surface area (Å²) in [6.45, 7) is 4.07. The number of carboxylic acids is 1. The van der Waals surface area contributed by atoms with E-state index in [1.165, 1.54) is 0 Å². The number of hydrogen-bond acceptors (Lipinski definition) is 3. The fourth-order valence-electron chi connectivity index (χ4n) is 2.08. The van der Waals surface area contributed by atoms with Gasteiger partial charge in [0.1, 0.15) is 13.2 Å². The molecule has 0 bridgehead atoms. The molecule has 0 aliphatic carbocycles. The quantitative estimate of drug-likeness (QED) is 0.899. The fourth-order valence-corrected chi connectivity index (χ4v) is 2.08. The van der Waals surface area contributed by atoms with Crippen molar-refractivity contribution >= 4 is 5.97 Å². The molecule has 1 aromatic carbocycles. The monoisotopic (exact) mass is 254 g/mol. The predicted molar refractivity (Wildman–Crippen MR) is 62.7 cm³/mol. The Bertz CT molecular complexity index is 482. The summed E-state index contributed by atoms with van der Waals surface area (Å²) in [5, 5.41) is 8.86. The molecule has 0 saturated heterocycles. The summed E-state index contributed by atoms with van der Waals surface area (Å²) in [6.07, 6.45) is -0.149. The number of hydrogen-bond donors (Lipinski definition) is 1. The highest BCUT2D eigenvalue weighted by molar-refractivity contribution is 5.69. The maximum absolute atomic E-state index is 14.3. The van der Waals surface area contributed by atoms with Crippen molar-refractivity contribution in [2.75, 3.05) is 13.2 Å². The third-order valence-corrected chi connectivity index (χ3v) is 2.97. The van der Waals surface area contributed by atoms with Crippen molar-refractivity contribution in [1.82, 2.24) is 0 Å². The highest BCUT2D eigenvalue weighted by Gasteiger charge is 2.31. The topological polar surface area (TPSA) is 55.8 Å². The maximum atomic E-state index is 14.3. The van der Waals surface area contributed by atoms with E-state index in [0.717, 1.165) is 0 Å². The molecular formula is C13H15FO4. The van der Waals surface area contributed by atoms with Crippen LogP contribution in [0.15, 0.2) is 12.1 Å². The van der Waals surface area contributed by atoms with E-state index < -0.39 is 17.2 Å². The van der Waals surface area contributed by atoms with Crippen LogP contribution in [0.1, 0.15) is 25.8 Å². The molecule has 0 saturated carbocycles. The van der Waals surface area contributed by atoms with Crippen LogP contribution in [0.2, 0.25) is 0 Å². The number of ether oxygens (including phenoxy) is 2. The molecule has 0 spiro atoms. The minimum Gasteiger partial charge on any atom is -0.486 e. The van der Waals surface area contributed by atoms with Crippen molar-refractivity contribution in [3.8, 4) is 11.5 Å². The van der Waals surface area contributed by atoms with E-state index in [0.29, 0.717) is 24.5 Å². The first-order chi connectivity index (χ1) is 8.42. The molecule has 1 heterocycles. The first-order valence-electron chi connectivity index (χ1n) is 5.72. The minimum atomic E-state index is -0.964. The Hall–Kier alpha value is -1.78. The molecule has 1 aromatic rings. The smallest absolute Gasteiger partial charge is 0.304 e. The molecule has 0 amide bonds. The van der Waals surface area contributed by atoms with Crippen LogP contribution in [0.5, 0.6) is 11.5 Å². The zero-order valence-electron chi connectivity index (χ0n) is 10.3. The van der Waals surface area contributed by atoms with Crippen LogP contribution in [0.4, 0.5) is 4.39 Å². The number of aliphatic carboxylic acids is 1. The second-order valence-corrected chi connectivity index (χ2v) is 4.91. The van der Waals surface area contributed by atoms with E-state index in [1.54, 1.807) is 26.0 Å². The molecule has 1 N–H and O–H groups in total. The number of fused-ring (bicyclic) bond motifs is 1. The van der Waals surface area contributed by atoms with Gasteiger partial charge in [-0.25, -0.2) is 4.39 Å². The average molecular weight is 254 g/mol. The minimum absolute atomic E-state index is 0.0808. The highest BCUT2D eigenvalue weighted by Crippen LogP contribution is 2.39. The normalized spacial score (nSPS) is 14.4. The van der Waals surface area contributed by atoms with Crippen LogP contribution in [-0.2, 0) is 10.2 Å². The molecule has 0 atom stereocenters. The second kappa shape index (κ2) is 4.48. The van der Waals surface area contributed by atoms with Crippen LogP contribution in [0.3, 0.4) is 0 Å². The van der Waals surface area contributed by atoms with Crippen LogP contribution in [0.25, 0.3) is 0 Å². The lowest BCUT2D eigenvalue weighted by atomic mass is 9.81. The fraction of sp³-hybridized carbons (Fsp3) is 0.462. The van der Waals surface area contributed by atoms with Gasteiger partial charge >= 0.3 is 5.97 Å². The number of carboxylic acid groups (broad SMARTS) is 1. The number of halogens is 1. The summed E-state index contributed by atoms with van der Waals surface area (Å²) in [4.78, 5) is 10.8. The molecule has 2 rings (SSSR count). The van der Waals surface area contributed by atoms with Gasteiger partial charge in [0, 0.05) is 5.41 Å². The summed E-state index contributed by atoms with van der Waals surface area (Å²) in [5.74, 6) is -1.04. The van der Waals surface area contributed by atoms with Gasteiger partial charge in [0.2, 0.25) is 0 Å². The number of rotatable bonds is 3. The Kier molecular flexibility index (Phi) is 3.15. The summed E-state index contributed by atoms with van der Waals surface area (Å²) < 4.78 is 24.8. The Labute approximate surface area is 104 Å². The zero-order chi connectivity index (χ0) is 13.3. The molecule has 0 aromatic heterocycles. The van der Waals surface area contributed by atoms with Crippen molar-refractivity contribution in [2.24, 2.45) is 0 Å². The van der Waals surface area contributed by atoms with Gasteiger partial charge in [-0.15, -0.1) is 0 Å². The predicted octanol–water partition coefficient (Wildman–Crippen LogP) is 2.35. The molecule has 4 nitrogen and oxygen atoms in total. The van der Waals surface area contributed by atoms with E-state index in [-0.39, 0.29) is 12.2 Å². The molecule has 1 aliphatic rings. The molecule has 18 heavy (non-hydrogen) atoms. The lowest BCUT2D eigenvalue weighted by Crippen LogP contribution is -2.24. The standard InChI is InChI=1S/C13H15FO4/c1-13(2,7-10(15)16)8-3-4-9-12(11(8)14)18-6-5-17-9/h3-4H,5-7H2,1-2H3,(H,15,16). The van der Waals surface area contributed by atoms with Crippen molar-refractivity contribution in [2.45, 2.75) is 25.7 Å². The van der Waals surface area contributed by atoms with Crippen molar-refractivity contribution in [1.29, 1.82) is 0 Å². The molecule has 1 aliphatic heterocycles. The zero-order valence-corrected chi connectivity index (χ0v) is 10.3. The van der Waals surface area contributed by atoms with Crippen molar-refractivity contribution < 1.29 is 23.8 Å². The maximum Gasteiger partial charge on any atom is 0.304 e. The summed E-state index contributed by atoms with van der Waals surface area (Å²) in [6, 6.07) is 3.18. The van der Waals surface area contributed by atoms with E-state index in [1.807, 2.05) is 0 Å². The molecule has 0 fully saturated rings. The summed E-state index contributed by atoms with van der Waals surface area (Å²) in [5.41, 5.74) is -0.472. The van der Waals surface area contributed by atoms with Gasteiger partial charge < -0.3 is 14.6 Å². The Morgan fingerprint density at radius 1 is 1.39 bits per heavy atom. The van der Waals surface area contributed by atoms with Gasteiger partial charge in [-0.2, -0.15) is 0 Å². The van der Waals surface area contributed by atoms with E-state index in [9.17, 15) is 9.18 Å². The first-order valence-corrected chi connectivity index (χ1v) is 5.72. The Morgan fingerprint density at radius 2 is 2.06 bits per heavy atom. The molecule has 0 radical (unpaired) electrons. The highest BCUT2D eigenvalue weighted by atomic mass is 19.1. The van der Waals surface area contributed by atoms with Crippen molar-refractivity contribution in [3.63, 3.8) is 0 Å². The van der Waals surface area contributed by atoms with Gasteiger partial charge in [-0.3, -0.25) is 4.79 Å². The van der Waals surface area contributed by atoms with E-state index in [4.69, 9.17) is 14.6 Å². The average Bonchev–Trinajstić information content (AvgIpc) is 2.27. The number of benzene rings is 1. The van der Waals surface area contributed by atoms with Crippen LogP contribution in [0, 0.1) is 5.82 Å². The van der Waals surface area contributed by atoms with Crippen molar-refractivity contribution in [3.05, 3.63) is 23.5 Å². The Morgan fingerprint density at radius 3 is 2.72 bits per heavy atom. The molecular weight excluding hydrogens is 239 g/mol. The van der Waals surface area contributed by atoms with E-state index in [2.05, 4.69) is 0 Å². The lowest BCUT2D eigenvalue weighted by Gasteiger charge is -2.27. The van der Waals surface area contributed by atoms with E-state index >= 15 is 0 Å². The third-order valence-electron chi connectivity index (χ3n) is 2.97. The van der Waals surface area contributed by atoms with Gasteiger partial charge in [0.25, 0.3) is 0 Å².